The number of carboxylic acid groups (broad SMARTS) is 2. The predicted octanol–water partition coefficient (Wildman–Crippen LogP) is 3.36. The van der Waals surface area contributed by atoms with Crippen LogP contribution in [0.2, 0.25) is 0 Å². The molecule has 2 aromatic rings. The number of carbonyl (C=O) groups is 2. The van der Waals surface area contributed by atoms with Crippen molar-refractivity contribution in [2.45, 2.75) is 91.1 Å². The fourth-order valence-corrected chi connectivity index (χ4v) is 4.08. The first-order valence-electron chi connectivity index (χ1n) is 13.1. The van der Waals surface area contributed by atoms with Gasteiger partial charge in [-0.3, -0.25) is 9.98 Å². The molecule has 0 bridgehead atoms. The number of phenolic OH excluding ortho intramolecular Hbond substituents is 2. The summed E-state index contributed by atoms with van der Waals surface area (Å²) in [4.78, 5) is 27.3. The number of hydrogen-bond donors (Lipinski definition) is 2. The van der Waals surface area contributed by atoms with E-state index >= 15 is 0 Å². The molecule has 39 heavy (non-hydrogen) atoms. The van der Waals surface area contributed by atoms with Crippen LogP contribution in [0.4, 0.5) is 0 Å². The van der Waals surface area contributed by atoms with E-state index in [0.717, 1.165) is 76.3 Å². The first-order chi connectivity index (χ1) is 18.0. The Balaban J connectivity index is 0.00000142. The van der Waals surface area contributed by atoms with E-state index in [1.165, 1.54) is 11.1 Å². The van der Waals surface area contributed by atoms with Gasteiger partial charge in [-0.25, -0.2) is 0 Å². The van der Waals surface area contributed by atoms with Crippen LogP contribution in [0.15, 0.2) is 46.4 Å². The Bertz CT molecular complexity index is 996. The molecule has 2 N–H and O–H groups in total. The average Bonchev–Trinajstić information content (AvgIpc) is 2.84. The monoisotopic (exact) mass is 583 g/mol. The molecule has 215 valence electrons. The molecule has 0 aromatic heterocycles. The molecule has 0 saturated heterocycles. The maximum atomic E-state index is 10.1. The van der Waals surface area contributed by atoms with Crippen LogP contribution < -0.4 is 10.2 Å². The van der Waals surface area contributed by atoms with Crippen molar-refractivity contribution in [3.8, 4) is 11.5 Å². The molecule has 8 nitrogen and oxygen atoms in total. The number of benzene rings is 2. The van der Waals surface area contributed by atoms with Crippen molar-refractivity contribution in [2.24, 2.45) is 9.98 Å². The van der Waals surface area contributed by atoms with Gasteiger partial charge in [0.1, 0.15) is 11.5 Å². The van der Waals surface area contributed by atoms with E-state index in [4.69, 9.17) is 29.8 Å². The molecule has 3 rings (SSSR count). The van der Waals surface area contributed by atoms with Crippen molar-refractivity contribution in [1.29, 1.82) is 0 Å². The number of hydrogen-bond acceptors (Lipinski definition) is 8. The molecular weight excluding hydrogens is 543 g/mol. The second kappa shape index (κ2) is 19.8. The van der Waals surface area contributed by atoms with Gasteiger partial charge in [0.25, 0.3) is 0 Å². The van der Waals surface area contributed by atoms with Gasteiger partial charge in [-0.15, -0.1) is 0 Å². The molecule has 1 aliphatic carbocycles. The molecule has 1 aliphatic rings. The Hall–Kier alpha value is -3.17. The largest absolute Gasteiger partial charge is 2.00 e. The number of aryl methyl sites for hydroxylation is 2. The predicted molar refractivity (Wildman–Crippen MR) is 147 cm³/mol. The van der Waals surface area contributed by atoms with E-state index in [2.05, 4.69) is 13.8 Å². The number of carboxylic acids is 2. The first-order valence-corrected chi connectivity index (χ1v) is 13.1. The summed E-state index contributed by atoms with van der Waals surface area (Å²) >= 11 is 0. The topological polar surface area (TPSA) is 145 Å². The Morgan fingerprint density at radius 1 is 0.821 bits per heavy atom. The van der Waals surface area contributed by atoms with E-state index in [9.17, 15) is 10.2 Å². The second-order valence-electron chi connectivity index (χ2n) is 9.30. The standard InChI is InChI=1S/C26H34N2O2.2C2H4O2.Co/c1-3-6-19-10-12-25(29)21(14-19)17-27-23-8-5-9-24(16-23)28-18-22-15-20(7-4-2)11-13-26(22)30;2*1-2(3)4;/h10-15,17-18,23-24,29-30H,3-9,16H2,1-2H3;2*1H3,(H,3,4);/q;;;+2/p-2. The van der Waals surface area contributed by atoms with Crippen LogP contribution in [0, 0.1) is 0 Å². The summed E-state index contributed by atoms with van der Waals surface area (Å²) in [5.74, 6) is -1.60. The number of aliphatic carboxylic acids is 2. The zero-order valence-electron chi connectivity index (χ0n) is 23.2. The quantitative estimate of drug-likeness (QED) is 0.456. The maximum Gasteiger partial charge on any atom is 2.00 e. The molecule has 2 atom stereocenters. The zero-order valence-corrected chi connectivity index (χ0v) is 24.2. The summed E-state index contributed by atoms with van der Waals surface area (Å²) in [6.07, 6.45) is 11.9. The summed E-state index contributed by atoms with van der Waals surface area (Å²) in [6.45, 7) is 6.26. The first kappa shape index (κ1) is 35.8. The van der Waals surface area contributed by atoms with Crippen LogP contribution in [0.25, 0.3) is 0 Å². The normalized spacial score (nSPS) is 16.4. The molecule has 0 aliphatic heterocycles. The third-order valence-electron chi connectivity index (χ3n) is 5.73. The van der Waals surface area contributed by atoms with Gasteiger partial charge >= 0.3 is 16.8 Å². The van der Waals surface area contributed by atoms with Crippen molar-refractivity contribution in [1.82, 2.24) is 0 Å². The van der Waals surface area contributed by atoms with Crippen LogP contribution >= 0.6 is 0 Å². The van der Waals surface area contributed by atoms with E-state index in [1.807, 2.05) is 36.7 Å². The average molecular weight is 584 g/mol. The van der Waals surface area contributed by atoms with Gasteiger partial charge in [0.05, 0.1) is 12.1 Å². The molecule has 1 saturated carbocycles. The van der Waals surface area contributed by atoms with Gasteiger partial charge in [0, 0.05) is 35.5 Å². The van der Waals surface area contributed by atoms with Crippen LogP contribution in [-0.2, 0) is 39.2 Å². The van der Waals surface area contributed by atoms with Gasteiger partial charge in [0.2, 0.25) is 0 Å². The van der Waals surface area contributed by atoms with Crippen LogP contribution in [0.5, 0.6) is 11.5 Å². The minimum atomic E-state index is -1.08. The summed E-state index contributed by atoms with van der Waals surface area (Å²) in [5.41, 5.74) is 4.05. The number of rotatable bonds is 8. The minimum Gasteiger partial charge on any atom is -0.550 e. The molecule has 0 amide bonds. The molecule has 1 radical (unpaired) electrons. The molecular formula is C30H40CoN2O6. The van der Waals surface area contributed by atoms with Crippen LogP contribution in [0.1, 0.15) is 88.5 Å². The minimum absolute atomic E-state index is 0. The number of aromatic hydroxyl groups is 2. The SMILES string of the molecule is CC(=O)[O-].CC(=O)[O-].CCCc1ccc(O)c(C=NC2CCCC(N=Cc3cc(CCC)ccc3O)C2)c1.[Co+2]. The van der Waals surface area contributed by atoms with Crippen molar-refractivity contribution in [3.05, 3.63) is 58.7 Å². The molecule has 0 spiro atoms. The second-order valence-corrected chi connectivity index (χ2v) is 9.30. The number of nitrogens with zero attached hydrogens (tertiary/aromatic N) is 2. The number of carbonyl (C=O) groups excluding carboxylic acids is 2. The Morgan fingerprint density at radius 3 is 1.51 bits per heavy atom. The van der Waals surface area contributed by atoms with Crippen LogP contribution in [0.3, 0.4) is 0 Å². The smallest absolute Gasteiger partial charge is 0.550 e. The van der Waals surface area contributed by atoms with Gasteiger partial charge in [0.15, 0.2) is 0 Å². The fourth-order valence-electron chi connectivity index (χ4n) is 4.08. The van der Waals surface area contributed by atoms with E-state index < -0.39 is 11.9 Å². The van der Waals surface area contributed by atoms with E-state index in [1.54, 1.807) is 12.1 Å². The zero-order chi connectivity index (χ0) is 28.5. The third-order valence-corrected chi connectivity index (χ3v) is 5.73. The third kappa shape index (κ3) is 15.7. The number of phenols is 2. The number of aliphatic imine (C=N–C) groups is 2. The Morgan fingerprint density at radius 2 is 1.18 bits per heavy atom. The molecule has 2 unspecified atom stereocenters. The van der Waals surface area contributed by atoms with Gasteiger partial charge in [-0.2, -0.15) is 0 Å². The molecule has 2 aromatic carbocycles. The van der Waals surface area contributed by atoms with Crippen molar-refractivity contribution in [2.75, 3.05) is 0 Å². The van der Waals surface area contributed by atoms with Crippen molar-refractivity contribution in [3.63, 3.8) is 0 Å². The Labute approximate surface area is 242 Å². The maximum absolute atomic E-state index is 10.1. The van der Waals surface area contributed by atoms with Crippen molar-refractivity contribution < 1.29 is 46.8 Å². The summed E-state index contributed by atoms with van der Waals surface area (Å²) in [5, 5.41) is 38.1. The van der Waals surface area contributed by atoms with Crippen molar-refractivity contribution >= 4 is 24.4 Å². The summed E-state index contributed by atoms with van der Waals surface area (Å²) in [6, 6.07) is 12.0. The molecule has 9 heteroatoms. The molecule has 1 fully saturated rings. The van der Waals surface area contributed by atoms with E-state index in [0.29, 0.717) is 0 Å². The van der Waals surface area contributed by atoms with Gasteiger partial charge in [-0.05, 0) is 87.8 Å². The van der Waals surface area contributed by atoms with Gasteiger partial charge in [-0.1, -0.05) is 38.8 Å². The fraction of sp³-hybridized carbons (Fsp3) is 0.467. The summed E-state index contributed by atoms with van der Waals surface area (Å²) < 4.78 is 0. The summed E-state index contributed by atoms with van der Waals surface area (Å²) in [7, 11) is 0. The van der Waals surface area contributed by atoms with E-state index in [-0.39, 0.29) is 40.4 Å². The van der Waals surface area contributed by atoms with Gasteiger partial charge < -0.3 is 30.0 Å². The van der Waals surface area contributed by atoms with Crippen LogP contribution in [-0.4, -0.2) is 46.7 Å². The Kier molecular flexibility index (Phi) is 18.2. The molecule has 0 heterocycles.